The number of halogens is 1. The third-order valence-electron chi connectivity index (χ3n) is 3.69. The average Bonchev–Trinajstić information content (AvgIpc) is 2.69. The molecule has 19 heavy (non-hydrogen) atoms. The van der Waals surface area contributed by atoms with Crippen LogP contribution in [-0.2, 0) is 21.4 Å². The number of methoxy groups -OCH3 is 1. The smallest absolute Gasteiger partial charge is 0.306 e. The van der Waals surface area contributed by atoms with Gasteiger partial charge in [0.25, 0.3) is 0 Å². The van der Waals surface area contributed by atoms with Crippen LogP contribution in [0.25, 0.3) is 0 Å². The summed E-state index contributed by atoms with van der Waals surface area (Å²) in [5, 5.41) is 11.0. The molecule has 1 aliphatic carbocycles. The van der Waals surface area contributed by atoms with Gasteiger partial charge in [0.15, 0.2) is 0 Å². The minimum atomic E-state index is -0.740. The van der Waals surface area contributed by atoms with Crippen molar-refractivity contribution in [3.63, 3.8) is 0 Å². The molecule has 1 aromatic rings. The largest absolute Gasteiger partial charge is 0.469 e. The summed E-state index contributed by atoms with van der Waals surface area (Å²) in [4.78, 5) is 22.2. The first-order valence-corrected chi connectivity index (χ1v) is 6.74. The number of hydrogen-bond acceptors (Lipinski definition) is 4. The normalized spacial score (nSPS) is 20.9. The summed E-state index contributed by atoms with van der Waals surface area (Å²) in [7, 11) is 1.30. The number of fused-ring (bicyclic) bond motifs is 1. The highest BCUT2D eigenvalue weighted by atomic mass is 79.9. The predicted molar refractivity (Wildman–Crippen MR) is 72.6 cm³/mol. The molecule has 0 aromatic heterocycles. The Hall–Kier alpha value is -1.43. The van der Waals surface area contributed by atoms with Crippen molar-refractivity contribution in [3.8, 4) is 0 Å². The molecule has 6 heteroatoms. The first-order valence-electron chi connectivity index (χ1n) is 5.95. The number of rotatable bonds is 4. The van der Waals surface area contributed by atoms with Crippen LogP contribution < -0.4 is 0 Å². The summed E-state index contributed by atoms with van der Waals surface area (Å²) in [6.07, 6.45) is 1.39. The Morgan fingerprint density at radius 1 is 1.58 bits per heavy atom. The maximum atomic E-state index is 11.6. The van der Waals surface area contributed by atoms with E-state index in [2.05, 4.69) is 15.9 Å². The summed E-state index contributed by atoms with van der Waals surface area (Å²) in [5.41, 5.74) is 1.22. The molecule has 102 valence electrons. The van der Waals surface area contributed by atoms with Crippen LogP contribution in [0.3, 0.4) is 0 Å². The molecule has 1 atom stereocenters. The maximum absolute atomic E-state index is 11.6. The number of nitro groups is 1. The molecule has 0 saturated heterocycles. The lowest BCUT2D eigenvalue weighted by atomic mass is 9.79. The van der Waals surface area contributed by atoms with Crippen LogP contribution in [0.15, 0.2) is 22.7 Å². The van der Waals surface area contributed by atoms with Crippen molar-refractivity contribution in [1.82, 2.24) is 0 Å². The van der Waals surface area contributed by atoms with Gasteiger partial charge in [-0.25, -0.2) is 0 Å². The van der Waals surface area contributed by atoms with E-state index in [1.165, 1.54) is 7.11 Å². The highest BCUT2D eigenvalue weighted by molar-refractivity contribution is 9.10. The van der Waals surface area contributed by atoms with Crippen molar-refractivity contribution in [1.29, 1.82) is 0 Å². The van der Waals surface area contributed by atoms with E-state index >= 15 is 0 Å². The highest BCUT2D eigenvalue weighted by Gasteiger charge is 2.45. The fourth-order valence-electron chi connectivity index (χ4n) is 2.81. The van der Waals surface area contributed by atoms with E-state index in [-0.39, 0.29) is 17.9 Å². The van der Waals surface area contributed by atoms with E-state index < -0.39 is 11.4 Å². The SMILES string of the molecule is COC(=O)CC1(C[N+](=O)[O-])CCc2c(Br)cccc21. The third kappa shape index (κ3) is 2.63. The van der Waals surface area contributed by atoms with Crippen molar-refractivity contribution in [2.24, 2.45) is 0 Å². The van der Waals surface area contributed by atoms with Gasteiger partial charge in [-0.15, -0.1) is 0 Å². The molecule has 0 aliphatic heterocycles. The van der Waals surface area contributed by atoms with E-state index in [1.54, 1.807) is 0 Å². The molecule has 0 amide bonds. The van der Waals surface area contributed by atoms with E-state index in [1.807, 2.05) is 18.2 Å². The second-order valence-electron chi connectivity index (χ2n) is 4.79. The second-order valence-corrected chi connectivity index (χ2v) is 5.64. The Morgan fingerprint density at radius 3 is 2.95 bits per heavy atom. The van der Waals surface area contributed by atoms with Gasteiger partial charge in [0, 0.05) is 9.40 Å². The monoisotopic (exact) mass is 327 g/mol. The fraction of sp³-hybridized carbons (Fsp3) is 0.462. The minimum Gasteiger partial charge on any atom is -0.469 e. The molecule has 0 spiro atoms. The molecule has 0 saturated carbocycles. The van der Waals surface area contributed by atoms with Gasteiger partial charge in [-0.3, -0.25) is 14.9 Å². The topological polar surface area (TPSA) is 69.4 Å². The van der Waals surface area contributed by atoms with Crippen molar-refractivity contribution >= 4 is 21.9 Å². The molecule has 2 rings (SSSR count). The Balaban J connectivity index is 2.45. The molecule has 1 unspecified atom stereocenters. The first kappa shape index (κ1) is 14.0. The van der Waals surface area contributed by atoms with E-state index in [0.29, 0.717) is 6.42 Å². The van der Waals surface area contributed by atoms with Crippen LogP contribution in [0.2, 0.25) is 0 Å². The van der Waals surface area contributed by atoms with Crippen LogP contribution in [0.4, 0.5) is 0 Å². The number of carbonyl (C=O) groups is 1. The number of hydrogen-bond donors (Lipinski definition) is 0. The highest BCUT2D eigenvalue weighted by Crippen LogP contribution is 2.44. The molecule has 0 radical (unpaired) electrons. The van der Waals surface area contributed by atoms with E-state index in [4.69, 9.17) is 4.74 Å². The summed E-state index contributed by atoms with van der Waals surface area (Å²) in [6.45, 7) is -0.244. The van der Waals surface area contributed by atoms with Gasteiger partial charge in [-0.1, -0.05) is 28.1 Å². The number of ether oxygens (including phenoxy) is 1. The molecule has 0 bridgehead atoms. The number of esters is 1. The van der Waals surface area contributed by atoms with E-state index in [0.717, 1.165) is 22.0 Å². The molecule has 0 heterocycles. The number of benzene rings is 1. The van der Waals surface area contributed by atoms with Crippen LogP contribution in [0, 0.1) is 10.1 Å². The summed E-state index contributed by atoms with van der Waals surface area (Å²) < 4.78 is 5.64. The van der Waals surface area contributed by atoms with Crippen LogP contribution in [0.1, 0.15) is 24.0 Å². The molecular weight excluding hydrogens is 314 g/mol. The van der Waals surface area contributed by atoms with Gasteiger partial charge in [-0.2, -0.15) is 0 Å². The molecule has 1 aromatic carbocycles. The quantitative estimate of drug-likeness (QED) is 0.484. The van der Waals surface area contributed by atoms with Crippen molar-refractivity contribution in [2.75, 3.05) is 13.7 Å². The second kappa shape index (κ2) is 5.28. The lowest BCUT2D eigenvalue weighted by molar-refractivity contribution is -0.490. The van der Waals surface area contributed by atoms with Crippen molar-refractivity contribution in [2.45, 2.75) is 24.7 Å². The van der Waals surface area contributed by atoms with Crippen LogP contribution in [0.5, 0.6) is 0 Å². The zero-order valence-corrected chi connectivity index (χ0v) is 12.1. The number of carbonyl (C=O) groups excluding carboxylic acids is 1. The summed E-state index contributed by atoms with van der Waals surface area (Å²) >= 11 is 3.46. The first-order chi connectivity index (χ1) is 8.98. The van der Waals surface area contributed by atoms with Gasteiger partial charge in [0.1, 0.15) is 0 Å². The predicted octanol–water partition coefficient (Wildman–Crippen LogP) is 2.47. The zero-order chi connectivity index (χ0) is 14.0. The van der Waals surface area contributed by atoms with Crippen LogP contribution >= 0.6 is 15.9 Å². The standard InChI is InChI=1S/C13H14BrNO4/c1-19-12(16)7-13(8-15(17)18)6-5-9-10(13)3-2-4-11(9)14/h2-4H,5-8H2,1H3. The average molecular weight is 328 g/mol. The van der Waals surface area contributed by atoms with Crippen molar-refractivity contribution < 1.29 is 14.5 Å². The maximum Gasteiger partial charge on any atom is 0.306 e. The number of nitrogens with zero attached hydrogens (tertiary/aromatic N) is 1. The molecular formula is C13H14BrNO4. The van der Waals surface area contributed by atoms with Gasteiger partial charge in [0.05, 0.1) is 18.9 Å². The van der Waals surface area contributed by atoms with Gasteiger partial charge >= 0.3 is 5.97 Å². The Bertz CT molecular complexity index is 531. The summed E-state index contributed by atoms with van der Waals surface area (Å²) in [6, 6.07) is 5.64. The third-order valence-corrected chi connectivity index (χ3v) is 4.43. The lowest BCUT2D eigenvalue weighted by Gasteiger charge is -2.24. The Morgan fingerprint density at radius 2 is 2.32 bits per heavy atom. The fourth-order valence-corrected chi connectivity index (χ4v) is 3.37. The molecule has 1 aliphatic rings. The zero-order valence-electron chi connectivity index (χ0n) is 10.5. The lowest BCUT2D eigenvalue weighted by Crippen LogP contribution is -2.35. The summed E-state index contributed by atoms with van der Waals surface area (Å²) in [5.74, 6) is -0.408. The molecule has 5 nitrogen and oxygen atoms in total. The molecule has 0 N–H and O–H groups in total. The van der Waals surface area contributed by atoms with Gasteiger partial charge in [-0.05, 0) is 30.0 Å². The Kier molecular flexibility index (Phi) is 3.89. The van der Waals surface area contributed by atoms with Gasteiger partial charge in [0.2, 0.25) is 6.54 Å². The Labute approximate surface area is 119 Å². The minimum absolute atomic E-state index is 0.0495. The molecule has 0 fully saturated rings. The van der Waals surface area contributed by atoms with Crippen LogP contribution in [-0.4, -0.2) is 24.5 Å². The van der Waals surface area contributed by atoms with Crippen molar-refractivity contribution in [3.05, 3.63) is 43.9 Å². The van der Waals surface area contributed by atoms with Gasteiger partial charge < -0.3 is 4.74 Å². The van der Waals surface area contributed by atoms with E-state index in [9.17, 15) is 14.9 Å².